The highest BCUT2D eigenvalue weighted by atomic mass is 35.5. The van der Waals surface area contributed by atoms with Crippen LogP contribution < -0.4 is 5.32 Å². The van der Waals surface area contributed by atoms with Crippen LogP contribution in [0, 0.1) is 0 Å². The maximum Gasteiger partial charge on any atom is 0.276 e. The highest BCUT2D eigenvalue weighted by Gasteiger charge is 2.27. The number of rotatable bonds is 3. The van der Waals surface area contributed by atoms with E-state index in [1.54, 1.807) is 6.20 Å². The summed E-state index contributed by atoms with van der Waals surface area (Å²) in [5.74, 6) is 0.489. The number of hydrogen-bond donors (Lipinski definition) is 2. The largest absolute Gasteiger partial charge is 0.346 e. The van der Waals surface area contributed by atoms with E-state index in [4.69, 9.17) is 0 Å². The molecule has 1 aromatic carbocycles. The van der Waals surface area contributed by atoms with Crippen molar-refractivity contribution in [3.63, 3.8) is 0 Å². The van der Waals surface area contributed by atoms with Crippen molar-refractivity contribution in [1.82, 2.24) is 25.1 Å². The number of fused-ring (bicyclic) bond motifs is 1. The summed E-state index contributed by atoms with van der Waals surface area (Å²) >= 11 is 0. The average molecular weight is 496 g/mol. The summed E-state index contributed by atoms with van der Waals surface area (Å²) in [5, 5.41) is 3.90. The van der Waals surface area contributed by atoms with Gasteiger partial charge in [0.15, 0.2) is 0 Å². The van der Waals surface area contributed by atoms with Crippen molar-refractivity contribution in [2.45, 2.75) is 6.54 Å². The smallest absolute Gasteiger partial charge is 0.276 e. The number of aromatic nitrogens is 2. The summed E-state index contributed by atoms with van der Waals surface area (Å²) in [5.41, 5.74) is 3.47. The Kier molecular flexibility index (Phi) is 9.09. The molecule has 0 bridgehead atoms. The Morgan fingerprint density at radius 2 is 1.72 bits per heavy atom. The molecule has 0 radical (unpaired) electrons. The minimum Gasteiger partial charge on any atom is -0.346 e. The van der Waals surface area contributed by atoms with E-state index >= 15 is 0 Å². The van der Waals surface area contributed by atoms with Gasteiger partial charge in [-0.3, -0.25) is 15.0 Å². The number of nitrogens with zero attached hydrogens (tertiary/aromatic N) is 4. The molecule has 0 atom stereocenters. The lowest BCUT2D eigenvalue weighted by Crippen LogP contribution is -2.51. The molecule has 1 amide bonds. The Morgan fingerprint density at radius 3 is 2.47 bits per heavy atom. The van der Waals surface area contributed by atoms with E-state index in [1.807, 2.05) is 30.5 Å². The molecule has 7 nitrogen and oxygen atoms in total. The van der Waals surface area contributed by atoms with E-state index in [0.29, 0.717) is 11.7 Å². The Hall–Kier alpha value is -2.58. The summed E-state index contributed by atoms with van der Waals surface area (Å²) in [6.07, 6.45) is 5.41. The summed E-state index contributed by atoms with van der Waals surface area (Å²) < 4.78 is 0. The van der Waals surface area contributed by atoms with Crippen LogP contribution in [0.4, 0.5) is 0 Å². The van der Waals surface area contributed by atoms with Crippen LogP contribution in [-0.4, -0.2) is 57.8 Å². The SMILES string of the molecule is Cl.Cl.Cl.O=C1NC(N2CCN(Cc3ccccc3)CC2)=NC1=Cc1c[nH]c2ncccc12. The number of hydrogen-bond acceptors (Lipinski definition) is 5. The van der Waals surface area contributed by atoms with Gasteiger partial charge in [-0.05, 0) is 23.8 Å². The summed E-state index contributed by atoms with van der Waals surface area (Å²) in [6.45, 7) is 4.52. The molecular weight excluding hydrogens is 471 g/mol. The zero-order chi connectivity index (χ0) is 19.6. The lowest BCUT2D eigenvalue weighted by molar-refractivity contribution is -0.115. The summed E-state index contributed by atoms with van der Waals surface area (Å²) in [6, 6.07) is 14.4. The standard InChI is InChI=1S/C22H22N6O.3ClH/c29-21-19(13-17-14-24-20-18(17)7-4-8-23-20)25-22(26-21)28-11-9-27(10-12-28)15-16-5-2-1-3-6-16;;;/h1-8,13-14H,9-12,15H2,(H,23,24)(H,25,26,29);3*1H. The van der Waals surface area contributed by atoms with Gasteiger partial charge in [-0.1, -0.05) is 30.3 Å². The highest BCUT2D eigenvalue weighted by Crippen LogP contribution is 2.21. The van der Waals surface area contributed by atoms with Gasteiger partial charge in [0, 0.05) is 56.1 Å². The number of H-pyrrole nitrogens is 1. The minimum atomic E-state index is -0.162. The molecule has 10 heteroatoms. The molecule has 0 aliphatic carbocycles. The van der Waals surface area contributed by atoms with Gasteiger partial charge in [-0.2, -0.15) is 0 Å². The van der Waals surface area contributed by atoms with Crippen LogP contribution in [0.5, 0.6) is 0 Å². The molecule has 4 heterocycles. The van der Waals surface area contributed by atoms with E-state index in [0.717, 1.165) is 49.3 Å². The van der Waals surface area contributed by atoms with E-state index in [9.17, 15) is 4.79 Å². The van der Waals surface area contributed by atoms with Crippen molar-refractivity contribution in [3.8, 4) is 0 Å². The van der Waals surface area contributed by atoms with Gasteiger partial charge in [0.25, 0.3) is 5.91 Å². The maximum atomic E-state index is 12.4. The van der Waals surface area contributed by atoms with Crippen molar-refractivity contribution < 1.29 is 4.79 Å². The number of carbonyl (C=O) groups is 1. The zero-order valence-corrected chi connectivity index (χ0v) is 19.7. The van der Waals surface area contributed by atoms with Crippen molar-refractivity contribution in [3.05, 3.63) is 71.7 Å². The number of carbonyl (C=O) groups excluding carboxylic acids is 1. The molecule has 3 aromatic rings. The molecule has 2 aliphatic rings. The van der Waals surface area contributed by atoms with Crippen LogP contribution in [0.15, 0.2) is 65.5 Å². The second kappa shape index (κ2) is 11.3. The van der Waals surface area contributed by atoms with Crippen LogP contribution >= 0.6 is 37.2 Å². The molecule has 0 saturated carbocycles. The lowest BCUT2D eigenvalue weighted by atomic mass is 10.2. The van der Waals surface area contributed by atoms with Crippen LogP contribution in [0.2, 0.25) is 0 Å². The molecule has 2 N–H and O–H groups in total. The molecule has 0 spiro atoms. The van der Waals surface area contributed by atoms with Gasteiger partial charge in [0.05, 0.1) is 0 Å². The van der Waals surface area contributed by atoms with Gasteiger partial charge in [-0.15, -0.1) is 37.2 Å². The van der Waals surface area contributed by atoms with Gasteiger partial charge >= 0.3 is 0 Å². The Bertz CT molecular complexity index is 1110. The van der Waals surface area contributed by atoms with E-state index < -0.39 is 0 Å². The first-order chi connectivity index (χ1) is 14.3. The quantitative estimate of drug-likeness (QED) is 0.546. The van der Waals surface area contributed by atoms with Crippen LogP contribution in [-0.2, 0) is 11.3 Å². The van der Waals surface area contributed by atoms with Gasteiger partial charge in [-0.25, -0.2) is 9.98 Å². The third-order valence-corrected chi connectivity index (χ3v) is 5.38. The number of amides is 1. The van der Waals surface area contributed by atoms with E-state index in [-0.39, 0.29) is 43.1 Å². The number of benzene rings is 1. The minimum absolute atomic E-state index is 0. The molecule has 5 rings (SSSR count). The zero-order valence-electron chi connectivity index (χ0n) is 17.2. The predicted octanol–water partition coefficient (Wildman–Crippen LogP) is 3.47. The first-order valence-electron chi connectivity index (χ1n) is 9.81. The molecule has 1 fully saturated rings. The molecular formula is C22H25Cl3N6O. The second-order valence-electron chi connectivity index (χ2n) is 7.31. The first-order valence-corrected chi connectivity index (χ1v) is 9.81. The second-order valence-corrected chi connectivity index (χ2v) is 7.31. The number of guanidine groups is 1. The third-order valence-electron chi connectivity index (χ3n) is 5.38. The Morgan fingerprint density at radius 1 is 0.969 bits per heavy atom. The van der Waals surface area contributed by atoms with Crippen molar-refractivity contribution in [1.29, 1.82) is 0 Å². The molecule has 1 saturated heterocycles. The highest BCUT2D eigenvalue weighted by molar-refractivity contribution is 6.14. The summed E-state index contributed by atoms with van der Waals surface area (Å²) in [7, 11) is 0. The Balaban J connectivity index is 0.00000121. The number of nitrogens with one attached hydrogen (secondary N) is 2. The predicted molar refractivity (Wildman–Crippen MR) is 135 cm³/mol. The lowest BCUT2D eigenvalue weighted by Gasteiger charge is -2.35. The van der Waals surface area contributed by atoms with Crippen LogP contribution in [0.1, 0.15) is 11.1 Å². The van der Waals surface area contributed by atoms with Crippen molar-refractivity contribution in [2.75, 3.05) is 26.2 Å². The number of piperazine rings is 1. The normalized spacial score (nSPS) is 17.2. The molecule has 0 unspecified atom stereocenters. The van der Waals surface area contributed by atoms with Gasteiger partial charge in [0.2, 0.25) is 5.96 Å². The average Bonchev–Trinajstić information content (AvgIpc) is 3.33. The fraction of sp³-hybridized carbons (Fsp3) is 0.227. The van der Waals surface area contributed by atoms with Crippen LogP contribution in [0.3, 0.4) is 0 Å². The number of aliphatic imine (C=N–C) groups is 1. The third kappa shape index (κ3) is 5.42. The van der Waals surface area contributed by atoms with Crippen LogP contribution in [0.25, 0.3) is 17.1 Å². The molecule has 2 aliphatic heterocycles. The topological polar surface area (TPSA) is 76.6 Å². The molecule has 2 aromatic heterocycles. The molecule has 32 heavy (non-hydrogen) atoms. The van der Waals surface area contributed by atoms with Crippen molar-refractivity contribution >= 4 is 66.2 Å². The number of aromatic amines is 1. The summed E-state index contributed by atoms with van der Waals surface area (Å²) in [4.78, 5) is 29.0. The van der Waals surface area contributed by atoms with E-state index in [2.05, 4.69) is 54.3 Å². The Labute approximate surface area is 205 Å². The fourth-order valence-electron chi connectivity index (χ4n) is 3.81. The number of halogens is 3. The van der Waals surface area contributed by atoms with Crippen molar-refractivity contribution in [2.24, 2.45) is 4.99 Å². The van der Waals surface area contributed by atoms with E-state index in [1.165, 1.54) is 5.56 Å². The van der Waals surface area contributed by atoms with Gasteiger partial charge in [0.1, 0.15) is 11.3 Å². The fourth-order valence-corrected chi connectivity index (χ4v) is 3.81. The monoisotopic (exact) mass is 494 g/mol. The molecule has 170 valence electrons. The maximum absolute atomic E-state index is 12.4. The first kappa shape index (κ1) is 25.7. The van der Waals surface area contributed by atoms with Gasteiger partial charge < -0.3 is 9.88 Å². The number of pyridine rings is 1.